The van der Waals surface area contributed by atoms with Crippen LogP contribution >= 0.6 is 15.9 Å². The van der Waals surface area contributed by atoms with E-state index in [4.69, 9.17) is 5.84 Å². The lowest BCUT2D eigenvalue weighted by molar-refractivity contribution is 0.0953. The van der Waals surface area contributed by atoms with E-state index in [1.807, 2.05) is 10.8 Å². The number of imidazole rings is 1. The molecule has 2 aromatic heterocycles. The molecular formula is C12H15BrN6O. The summed E-state index contributed by atoms with van der Waals surface area (Å²) in [5.41, 5.74) is 2.82. The van der Waals surface area contributed by atoms with E-state index in [2.05, 4.69) is 36.6 Å². The number of nitrogens with zero attached hydrogens (tertiary/aromatic N) is 3. The topological polar surface area (TPSA) is 97.9 Å². The summed E-state index contributed by atoms with van der Waals surface area (Å²) in [5.74, 6) is 5.48. The number of halogens is 1. The molecule has 106 valence electrons. The second-order valence-corrected chi connectivity index (χ2v) is 5.02. The first-order valence-electron chi connectivity index (χ1n) is 6.07. The first-order valence-corrected chi connectivity index (χ1v) is 6.86. The number of rotatable bonds is 6. The third-order valence-electron chi connectivity index (χ3n) is 2.67. The highest BCUT2D eigenvalue weighted by Gasteiger charge is 2.12. The van der Waals surface area contributed by atoms with E-state index >= 15 is 0 Å². The Kier molecular flexibility index (Phi) is 5.08. The molecule has 2 rings (SSSR count). The van der Waals surface area contributed by atoms with E-state index in [1.165, 1.54) is 0 Å². The number of nitrogens with two attached hydrogens (primary N) is 1. The summed E-state index contributed by atoms with van der Waals surface area (Å²) in [7, 11) is 0. The van der Waals surface area contributed by atoms with Gasteiger partial charge in [0, 0.05) is 36.2 Å². The van der Waals surface area contributed by atoms with Gasteiger partial charge in [-0.1, -0.05) is 0 Å². The van der Waals surface area contributed by atoms with E-state index in [-0.39, 0.29) is 5.91 Å². The zero-order valence-corrected chi connectivity index (χ0v) is 12.3. The van der Waals surface area contributed by atoms with E-state index in [9.17, 15) is 4.79 Å². The Morgan fingerprint density at radius 2 is 2.35 bits per heavy atom. The number of carbonyl (C=O) groups excluding carboxylic acids is 1. The third kappa shape index (κ3) is 3.78. The number of nitrogens with one attached hydrogen (secondary N) is 2. The summed E-state index contributed by atoms with van der Waals surface area (Å²) in [6.45, 7) is 1.37. The second kappa shape index (κ2) is 7.01. The predicted molar refractivity (Wildman–Crippen MR) is 78.9 cm³/mol. The van der Waals surface area contributed by atoms with Crippen molar-refractivity contribution >= 4 is 27.7 Å². The summed E-state index contributed by atoms with van der Waals surface area (Å²) < 4.78 is 2.68. The minimum absolute atomic E-state index is 0.211. The smallest absolute Gasteiger partial charge is 0.255 e. The standard InChI is InChI=1S/C12H15BrN6O/c13-9-6-10(11(18-14)17-7-9)12(20)16-2-1-4-19-5-3-15-8-19/h3,5-8H,1-2,4,14H2,(H,16,20)(H,17,18). The van der Waals surface area contributed by atoms with Crippen LogP contribution in [0.2, 0.25) is 0 Å². The number of aryl methyl sites for hydroxylation is 1. The fraction of sp³-hybridized carbons (Fsp3) is 0.250. The van der Waals surface area contributed by atoms with Crippen LogP contribution in [0.4, 0.5) is 5.82 Å². The van der Waals surface area contributed by atoms with E-state index in [1.54, 1.807) is 24.8 Å². The van der Waals surface area contributed by atoms with Crippen LogP contribution in [0.5, 0.6) is 0 Å². The van der Waals surface area contributed by atoms with Crippen molar-refractivity contribution in [3.05, 3.63) is 41.0 Å². The normalized spacial score (nSPS) is 10.3. The van der Waals surface area contributed by atoms with Gasteiger partial charge in [-0.2, -0.15) is 0 Å². The lowest BCUT2D eigenvalue weighted by atomic mass is 10.2. The molecular weight excluding hydrogens is 324 g/mol. The Balaban J connectivity index is 1.87. The van der Waals surface area contributed by atoms with Crippen LogP contribution in [0, 0.1) is 0 Å². The van der Waals surface area contributed by atoms with Crippen molar-refractivity contribution in [2.75, 3.05) is 12.0 Å². The summed E-state index contributed by atoms with van der Waals surface area (Å²) in [4.78, 5) is 20.0. The van der Waals surface area contributed by atoms with Gasteiger partial charge in [-0.05, 0) is 28.4 Å². The van der Waals surface area contributed by atoms with Gasteiger partial charge in [0.25, 0.3) is 5.91 Å². The third-order valence-corrected chi connectivity index (χ3v) is 3.11. The molecule has 0 spiro atoms. The lowest BCUT2D eigenvalue weighted by Gasteiger charge is -2.09. The Morgan fingerprint density at radius 1 is 1.50 bits per heavy atom. The van der Waals surface area contributed by atoms with Crippen LogP contribution < -0.4 is 16.6 Å². The van der Waals surface area contributed by atoms with Crippen molar-refractivity contribution in [3.8, 4) is 0 Å². The molecule has 0 bridgehead atoms. The largest absolute Gasteiger partial charge is 0.352 e. The number of amides is 1. The molecule has 0 saturated heterocycles. The summed E-state index contributed by atoms with van der Waals surface area (Å²) >= 11 is 3.28. The molecule has 2 aromatic rings. The quantitative estimate of drug-likeness (QED) is 0.417. The Morgan fingerprint density at radius 3 is 3.05 bits per heavy atom. The predicted octanol–water partition coefficient (Wildman–Crippen LogP) is 1.15. The molecule has 0 saturated carbocycles. The number of anilines is 1. The Hall–Kier alpha value is -1.93. The van der Waals surface area contributed by atoms with E-state index < -0.39 is 0 Å². The number of nitrogen functional groups attached to an aromatic ring is 1. The van der Waals surface area contributed by atoms with Crippen molar-refractivity contribution < 1.29 is 4.79 Å². The van der Waals surface area contributed by atoms with Crippen molar-refractivity contribution in [1.82, 2.24) is 19.9 Å². The number of hydrogen-bond donors (Lipinski definition) is 3. The summed E-state index contributed by atoms with van der Waals surface area (Å²) in [6, 6.07) is 1.67. The van der Waals surface area contributed by atoms with Crippen LogP contribution in [0.15, 0.2) is 35.5 Å². The number of carbonyl (C=O) groups is 1. The highest BCUT2D eigenvalue weighted by Crippen LogP contribution is 2.17. The monoisotopic (exact) mass is 338 g/mol. The van der Waals surface area contributed by atoms with Gasteiger partial charge < -0.3 is 15.3 Å². The highest BCUT2D eigenvalue weighted by molar-refractivity contribution is 9.10. The van der Waals surface area contributed by atoms with Gasteiger partial charge in [-0.25, -0.2) is 15.8 Å². The minimum Gasteiger partial charge on any atom is -0.352 e. The number of hydrogen-bond acceptors (Lipinski definition) is 5. The summed E-state index contributed by atoms with van der Waals surface area (Å²) in [5, 5.41) is 2.83. The van der Waals surface area contributed by atoms with Gasteiger partial charge in [0.05, 0.1) is 11.9 Å². The van der Waals surface area contributed by atoms with Crippen molar-refractivity contribution in [2.45, 2.75) is 13.0 Å². The molecule has 0 atom stereocenters. The van der Waals surface area contributed by atoms with Gasteiger partial charge in [-0.3, -0.25) is 4.79 Å². The zero-order valence-electron chi connectivity index (χ0n) is 10.7. The first-order chi connectivity index (χ1) is 9.70. The van der Waals surface area contributed by atoms with Gasteiger partial charge in [0.1, 0.15) is 0 Å². The average molecular weight is 339 g/mol. The molecule has 0 aromatic carbocycles. The van der Waals surface area contributed by atoms with Crippen LogP contribution in [0.25, 0.3) is 0 Å². The van der Waals surface area contributed by atoms with Crippen LogP contribution in [0.1, 0.15) is 16.8 Å². The molecule has 0 radical (unpaired) electrons. The molecule has 4 N–H and O–H groups in total. The second-order valence-electron chi connectivity index (χ2n) is 4.10. The van der Waals surface area contributed by atoms with Crippen molar-refractivity contribution in [1.29, 1.82) is 0 Å². The minimum atomic E-state index is -0.211. The van der Waals surface area contributed by atoms with Crippen LogP contribution in [-0.2, 0) is 6.54 Å². The number of pyridine rings is 1. The summed E-state index contributed by atoms with van der Waals surface area (Å²) in [6.07, 6.45) is 7.75. The molecule has 8 heteroatoms. The molecule has 1 amide bonds. The molecule has 0 unspecified atom stereocenters. The maximum atomic E-state index is 12.1. The average Bonchev–Trinajstić information content (AvgIpc) is 2.96. The van der Waals surface area contributed by atoms with Crippen molar-refractivity contribution in [2.24, 2.45) is 5.84 Å². The molecule has 0 aliphatic carbocycles. The van der Waals surface area contributed by atoms with E-state index in [0.29, 0.717) is 17.9 Å². The van der Waals surface area contributed by atoms with Crippen molar-refractivity contribution in [3.63, 3.8) is 0 Å². The van der Waals surface area contributed by atoms with Gasteiger partial charge in [0.2, 0.25) is 0 Å². The van der Waals surface area contributed by atoms with Gasteiger partial charge in [-0.15, -0.1) is 0 Å². The van der Waals surface area contributed by atoms with E-state index in [0.717, 1.165) is 17.4 Å². The van der Waals surface area contributed by atoms with Gasteiger partial charge in [0.15, 0.2) is 5.82 Å². The molecule has 0 aliphatic heterocycles. The SMILES string of the molecule is NNc1ncc(Br)cc1C(=O)NCCCn1ccnc1. The molecule has 20 heavy (non-hydrogen) atoms. The van der Waals surface area contributed by atoms with Crippen LogP contribution in [-0.4, -0.2) is 27.0 Å². The Bertz CT molecular complexity index is 571. The number of hydrazine groups is 1. The first kappa shape index (κ1) is 14.5. The van der Waals surface area contributed by atoms with Crippen LogP contribution in [0.3, 0.4) is 0 Å². The molecule has 2 heterocycles. The number of aromatic nitrogens is 3. The van der Waals surface area contributed by atoms with Gasteiger partial charge >= 0.3 is 0 Å². The molecule has 0 aliphatic rings. The fourth-order valence-electron chi connectivity index (χ4n) is 1.71. The maximum absolute atomic E-state index is 12.1. The highest BCUT2D eigenvalue weighted by atomic mass is 79.9. The Labute approximate surface area is 124 Å². The zero-order chi connectivity index (χ0) is 14.4. The molecule has 7 nitrogen and oxygen atoms in total. The lowest BCUT2D eigenvalue weighted by Crippen LogP contribution is -2.27. The fourth-order valence-corrected chi connectivity index (χ4v) is 2.04. The molecule has 0 fully saturated rings. The maximum Gasteiger partial charge on any atom is 0.255 e.